The quantitative estimate of drug-likeness (QED) is 0.527. The molecule has 0 saturated heterocycles. The van der Waals surface area contributed by atoms with Gasteiger partial charge in [-0.3, -0.25) is 4.79 Å². The number of fused-ring (bicyclic) bond motifs is 1. The Morgan fingerprint density at radius 1 is 0.920 bits per heavy atom. The Labute approximate surface area is 142 Å². The van der Waals surface area contributed by atoms with Crippen LogP contribution in [-0.4, -0.2) is 15.9 Å². The zero-order valence-corrected chi connectivity index (χ0v) is 13.3. The summed E-state index contributed by atoms with van der Waals surface area (Å²) in [4.78, 5) is 29.6. The number of hydrogen-bond acceptors (Lipinski definition) is 2. The van der Waals surface area contributed by atoms with Crippen molar-refractivity contribution >= 4 is 33.4 Å². The fraction of sp³-hybridized carbons (Fsp3) is 0.100. The van der Waals surface area contributed by atoms with E-state index < -0.39 is 0 Å². The predicted octanol–water partition coefficient (Wildman–Crippen LogP) is 3.36. The van der Waals surface area contributed by atoms with Gasteiger partial charge in [-0.25, -0.2) is 4.79 Å². The Bertz CT molecular complexity index is 1210. The Balaban J connectivity index is 1.56. The average molecular weight is 329 g/mol. The van der Waals surface area contributed by atoms with Crippen LogP contribution in [0.25, 0.3) is 21.8 Å². The van der Waals surface area contributed by atoms with Crippen LogP contribution in [0.3, 0.4) is 0 Å². The third-order valence-corrected chi connectivity index (χ3v) is 4.90. The van der Waals surface area contributed by atoms with Crippen molar-refractivity contribution in [1.82, 2.24) is 9.97 Å². The molecule has 0 atom stereocenters. The van der Waals surface area contributed by atoms with Crippen molar-refractivity contribution in [3.05, 3.63) is 75.7 Å². The number of nitrogens with one attached hydrogen (secondary N) is 3. The zero-order chi connectivity index (χ0) is 17.0. The molecule has 0 unspecified atom stereocenters. The highest BCUT2D eigenvalue weighted by molar-refractivity contribution is 6.14. The lowest BCUT2D eigenvalue weighted by Crippen LogP contribution is -2.12. The van der Waals surface area contributed by atoms with E-state index in [2.05, 4.69) is 27.4 Å². The minimum atomic E-state index is -0.258. The molecule has 25 heavy (non-hydrogen) atoms. The van der Waals surface area contributed by atoms with Crippen molar-refractivity contribution in [2.75, 3.05) is 5.32 Å². The van der Waals surface area contributed by atoms with E-state index >= 15 is 0 Å². The third-order valence-electron chi connectivity index (χ3n) is 4.90. The first kappa shape index (κ1) is 14.0. The third kappa shape index (κ3) is 2.16. The van der Waals surface area contributed by atoms with Crippen LogP contribution in [0.5, 0.6) is 0 Å². The normalized spacial score (nSPS) is 12.8. The van der Waals surface area contributed by atoms with Crippen molar-refractivity contribution in [2.45, 2.75) is 12.8 Å². The van der Waals surface area contributed by atoms with Crippen LogP contribution < -0.4 is 11.0 Å². The molecule has 1 heterocycles. The van der Waals surface area contributed by atoms with Gasteiger partial charge in [0.15, 0.2) is 0 Å². The second-order valence-electron chi connectivity index (χ2n) is 6.41. The van der Waals surface area contributed by atoms with Gasteiger partial charge in [-0.1, -0.05) is 24.3 Å². The Kier molecular flexibility index (Phi) is 2.85. The van der Waals surface area contributed by atoms with Crippen LogP contribution in [0.4, 0.5) is 5.69 Å². The van der Waals surface area contributed by atoms with Gasteiger partial charge in [0.2, 0.25) is 0 Å². The molecular formula is C20H15N3O2. The minimum Gasteiger partial charge on any atom is -0.322 e. The van der Waals surface area contributed by atoms with Crippen LogP contribution in [0.2, 0.25) is 0 Å². The Morgan fingerprint density at radius 3 is 2.60 bits per heavy atom. The van der Waals surface area contributed by atoms with Crippen LogP contribution >= 0.6 is 0 Å². The SMILES string of the molecule is O=C(Nc1ccc2[nH]c(=O)[nH]c2c1)c1ccc2c3c(cccc13)CC2. The van der Waals surface area contributed by atoms with E-state index in [4.69, 9.17) is 0 Å². The van der Waals surface area contributed by atoms with Crippen LogP contribution in [0.1, 0.15) is 21.5 Å². The van der Waals surface area contributed by atoms with Crippen molar-refractivity contribution in [2.24, 2.45) is 0 Å². The van der Waals surface area contributed by atoms with Gasteiger partial charge in [0.25, 0.3) is 5.91 Å². The molecule has 1 aliphatic rings. The summed E-state index contributed by atoms with van der Waals surface area (Å²) in [6, 6.07) is 15.4. The maximum absolute atomic E-state index is 12.8. The van der Waals surface area contributed by atoms with Gasteiger partial charge >= 0.3 is 5.69 Å². The van der Waals surface area contributed by atoms with Gasteiger partial charge in [0, 0.05) is 11.3 Å². The number of hydrogen-bond donors (Lipinski definition) is 3. The molecule has 5 nitrogen and oxygen atoms in total. The molecule has 3 aromatic carbocycles. The molecule has 122 valence electrons. The van der Waals surface area contributed by atoms with E-state index in [1.54, 1.807) is 18.2 Å². The lowest BCUT2D eigenvalue weighted by atomic mass is 9.99. The molecular weight excluding hydrogens is 314 g/mol. The van der Waals surface area contributed by atoms with E-state index in [1.165, 1.54) is 16.5 Å². The number of benzene rings is 3. The molecule has 0 radical (unpaired) electrons. The molecule has 1 aliphatic carbocycles. The van der Waals surface area contributed by atoms with Crippen molar-refractivity contribution in [3.8, 4) is 0 Å². The molecule has 0 fully saturated rings. The number of anilines is 1. The van der Waals surface area contributed by atoms with Crippen LogP contribution in [-0.2, 0) is 12.8 Å². The van der Waals surface area contributed by atoms with Crippen molar-refractivity contribution in [1.29, 1.82) is 0 Å². The first-order chi connectivity index (χ1) is 12.2. The summed E-state index contributed by atoms with van der Waals surface area (Å²) >= 11 is 0. The number of amides is 1. The maximum atomic E-state index is 12.8. The molecule has 3 N–H and O–H groups in total. The van der Waals surface area contributed by atoms with E-state index in [-0.39, 0.29) is 11.6 Å². The summed E-state index contributed by atoms with van der Waals surface area (Å²) in [7, 11) is 0. The first-order valence-electron chi connectivity index (χ1n) is 8.26. The average Bonchev–Trinajstić information content (AvgIpc) is 3.19. The summed E-state index contributed by atoms with van der Waals surface area (Å²) in [5.41, 5.74) is 5.07. The molecule has 1 aromatic heterocycles. The second kappa shape index (κ2) is 5.08. The van der Waals surface area contributed by atoms with Gasteiger partial charge in [0.1, 0.15) is 0 Å². The maximum Gasteiger partial charge on any atom is 0.323 e. The van der Waals surface area contributed by atoms with E-state index in [1.807, 2.05) is 18.2 Å². The smallest absolute Gasteiger partial charge is 0.322 e. The Morgan fingerprint density at radius 2 is 1.72 bits per heavy atom. The lowest BCUT2D eigenvalue weighted by Gasteiger charge is -2.10. The number of carbonyl (C=O) groups excluding carboxylic acids is 1. The second-order valence-corrected chi connectivity index (χ2v) is 6.41. The minimum absolute atomic E-state index is 0.146. The largest absolute Gasteiger partial charge is 0.323 e. The molecule has 5 rings (SSSR count). The van der Waals surface area contributed by atoms with Gasteiger partial charge in [-0.05, 0) is 59.0 Å². The number of carbonyl (C=O) groups is 1. The van der Waals surface area contributed by atoms with Gasteiger partial charge in [0.05, 0.1) is 11.0 Å². The standard InChI is InChI=1S/C20H15N3O2/c24-19(21-13-7-9-16-17(10-13)23-20(25)22-16)15-8-6-12-5-4-11-2-1-3-14(15)18(11)12/h1-3,6-10H,4-5H2,(H,21,24)(H2,22,23,25). The first-order valence-corrected chi connectivity index (χ1v) is 8.26. The summed E-state index contributed by atoms with van der Waals surface area (Å²) in [6.45, 7) is 0. The lowest BCUT2D eigenvalue weighted by molar-refractivity contribution is 0.102. The van der Waals surface area contributed by atoms with E-state index in [0.717, 1.165) is 18.2 Å². The molecule has 0 saturated carbocycles. The molecule has 4 aromatic rings. The predicted molar refractivity (Wildman–Crippen MR) is 98.2 cm³/mol. The van der Waals surface area contributed by atoms with Crippen LogP contribution in [0, 0.1) is 0 Å². The zero-order valence-electron chi connectivity index (χ0n) is 13.3. The molecule has 1 amide bonds. The van der Waals surface area contributed by atoms with Crippen molar-refractivity contribution < 1.29 is 4.79 Å². The fourth-order valence-electron chi connectivity index (χ4n) is 3.75. The monoisotopic (exact) mass is 329 g/mol. The van der Waals surface area contributed by atoms with E-state index in [9.17, 15) is 9.59 Å². The summed E-state index contributed by atoms with van der Waals surface area (Å²) in [6.07, 6.45) is 2.07. The molecule has 0 bridgehead atoms. The highest BCUT2D eigenvalue weighted by Crippen LogP contribution is 2.33. The number of imidazole rings is 1. The molecule has 0 spiro atoms. The fourth-order valence-corrected chi connectivity index (χ4v) is 3.75. The van der Waals surface area contributed by atoms with Gasteiger partial charge in [-0.15, -0.1) is 0 Å². The van der Waals surface area contributed by atoms with E-state index in [0.29, 0.717) is 22.3 Å². The van der Waals surface area contributed by atoms with Gasteiger partial charge < -0.3 is 15.3 Å². The highest BCUT2D eigenvalue weighted by Gasteiger charge is 2.18. The van der Waals surface area contributed by atoms with Gasteiger partial charge in [-0.2, -0.15) is 0 Å². The number of aromatic amines is 2. The topological polar surface area (TPSA) is 77.8 Å². The number of H-pyrrole nitrogens is 2. The van der Waals surface area contributed by atoms with Crippen molar-refractivity contribution in [3.63, 3.8) is 0 Å². The summed E-state index contributed by atoms with van der Waals surface area (Å²) < 4.78 is 0. The summed E-state index contributed by atoms with van der Waals surface area (Å²) in [5.74, 6) is -0.146. The molecule has 0 aliphatic heterocycles. The Hall–Kier alpha value is -3.34. The van der Waals surface area contributed by atoms with Crippen LogP contribution in [0.15, 0.2) is 53.3 Å². The highest BCUT2D eigenvalue weighted by atomic mass is 16.2. The molecule has 5 heteroatoms. The number of aromatic nitrogens is 2. The summed E-state index contributed by atoms with van der Waals surface area (Å²) in [5, 5.41) is 5.16. The number of aryl methyl sites for hydroxylation is 2. The number of rotatable bonds is 2.